The molecule has 0 aromatic rings. The van der Waals surface area contributed by atoms with E-state index in [9.17, 15) is 4.79 Å². The Hall–Kier alpha value is -1.05. The van der Waals surface area contributed by atoms with Crippen molar-refractivity contribution in [2.24, 2.45) is 11.8 Å². The lowest BCUT2D eigenvalue weighted by atomic mass is 9.74. The molecule has 0 saturated heterocycles. The van der Waals surface area contributed by atoms with E-state index in [1.165, 1.54) is 5.57 Å². The van der Waals surface area contributed by atoms with Crippen LogP contribution in [0.15, 0.2) is 23.5 Å². The molecule has 2 rings (SSSR count). The average Bonchev–Trinajstić information content (AvgIpc) is 2.16. The highest BCUT2D eigenvalue weighted by molar-refractivity contribution is 5.91. The molecule has 0 spiro atoms. The molecule has 0 aromatic carbocycles. The summed E-state index contributed by atoms with van der Waals surface area (Å²) in [6, 6.07) is 0. The summed E-state index contributed by atoms with van der Waals surface area (Å²) in [6.45, 7) is 2.24. The van der Waals surface area contributed by atoms with Gasteiger partial charge in [-0.25, -0.2) is 0 Å². The highest BCUT2D eigenvalue weighted by Gasteiger charge is 2.29. The Bertz CT molecular complexity index is 312. The third-order valence-corrected chi connectivity index (χ3v) is 3.26. The van der Waals surface area contributed by atoms with Gasteiger partial charge in [-0.05, 0) is 36.0 Å². The van der Waals surface area contributed by atoms with Crippen LogP contribution in [-0.4, -0.2) is 12.9 Å². The average molecular weight is 192 g/mol. The fraction of sp³-hybridized carbons (Fsp3) is 0.583. The highest BCUT2D eigenvalue weighted by Crippen LogP contribution is 2.38. The number of carbonyl (C=O) groups excluding carboxylic acids is 1. The van der Waals surface area contributed by atoms with E-state index in [0.717, 1.165) is 18.6 Å². The summed E-state index contributed by atoms with van der Waals surface area (Å²) < 4.78 is 5.25. The summed E-state index contributed by atoms with van der Waals surface area (Å²) >= 11 is 0. The van der Waals surface area contributed by atoms with Gasteiger partial charge in [0, 0.05) is 12.8 Å². The smallest absolute Gasteiger partial charge is 0.155 e. The second-order valence-corrected chi connectivity index (χ2v) is 4.25. The van der Waals surface area contributed by atoms with Crippen LogP contribution < -0.4 is 0 Å². The monoisotopic (exact) mass is 192 g/mol. The van der Waals surface area contributed by atoms with Crippen molar-refractivity contribution in [1.29, 1.82) is 0 Å². The maximum Gasteiger partial charge on any atom is 0.155 e. The Morgan fingerprint density at radius 1 is 1.43 bits per heavy atom. The molecule has 0 aliphatic heterocycles. The maximum atomic E-state index is 11.3. The normalized spacial score (nSPS) is 31.7. The lowest BCUT2D eigenvalue weighted by Gasteiger charge is -2.32. The first kappa shape index (κ1) is 9.50. The van der Waals surface area contributed by atoms with Crippen LogP contribution in [0.2, 0.25) is 0 Å². The molecule has 0 aromatic heterocycles. The number of hydrogen-bond acceptors (Lipinski definition) is 2. The van der Waals surface area contributed by atoms with E-state index in [2.05, 4.69) is 6.92 Å². The summed E-state index contributed by atoms with van der Waals surface area (Å²) in [6.07, 6.45) is 6.57. The van der Waals surface area contributed by atoms with Gasteiger partial charge in [0.1, 0.15) is 0 Å². The molecule has 0 amide bonds. The molecule has 2 aliphatic rings. The van der Waals surface area contributed by atoms with Crippen molar-refractivity contribution in [3.63, 3.8) is 0 Å². The number of ketones is 1. The fourth-order valence-corrected chi connectivity index (χ4v) is 2.44. The molecule has 2 heteroatoms. The Morgan fingerprint density at radius 2 is 2.21 bits per heavy atom. The molecule has 0 radical (unpaired) electrons. The molecule has 0 saturated carbocycles. The summed E-state index contributed by atoms with van der Waals surface area (Å²) in [4.78, 5) is 11.3. The number of carbonyl (C=O) groups is 1. The first-order chi connectivity index (χ1) is 6.70. The summed E-state index contributed by atoms with van der Waals surface area (Å²) in [7, 11) is 1.70. The summed E-state index contributed by atoms with van der Waals surface area (Å²) in [5.74, 6) is 2.45. The van der Waals surface area contributed by atoms with Crippen LogP contribution in [0.4, 0.5) is 0 Å². The lowest BCUT2D eigenvalue weighted by Crippen LogP contribution is -2.24. The van der Waals surface area contributed by atoms with Crippen molar-refractivity contribution >= 4 is 5.78 Å². The quantitative estimate of drug-likeness (QED) is 0.638. The van der Waals surface area contributed by atoms with E-state index in [0.29, 0.717) is 18.3 Å². The largest absolute Gasteiger partial charge is 0.501 e. The first-order valence-corrected chi connectivity index (χ1v) is 5.19. The first-order valence-electron chi connectivity index (χ1n) is 5.19. The Labute approximate surface area is 84.6 Å². The minimum atomic E-state index is 0.261. The van der Waals surface area contributed by atoms with Gasteiger partial charge in [0.15, 0.2) is 5.78 Å². The Kier molecular flexibility index (Phi) is 2.44. The number of fused-ring (bicyclic) bond motifs is 1. The van der Waals surface area contributed by atoms with Gasteiger partial charge in [-0.2, -0.15) is 0 Å². The third kappa shape index (κ3) is 1.61. The Balaban J connectivity index is 2.32. The second kappa shape index (κ2) is 3.60. The van der Waals surface area contributed by atoms with Gasteiger partial charge >= 0.3 is 0 Å². The molecule has 0 N–H and O–H groups in total. The van der Waals surface area contributed by atoms with Gasteiger partial charge in [0.2, 0.25) is 0 Å². The van der Waals surface area contributed by atoms with Crippen molar-refractivity contribution in [1.82, 2.24) is 0 Å². The lowest BCUT2D eigenvalue weighted by molar-refractivity contribution is -0.115. The van der Waals surface area contributed by atoms with Crippen molar-refractivity contribution < 1.29 is 9.53 Å². The van der Waals surface area contributed by atoms with Gasteiger partial charge in [-0.1, -0.05) is 6.92 Å². The van der Waals surface area contributed by atoms with Crippen molar-refractivity contribution in [2.75, 3.05) is 7.11 Å². The zero-order valence-electron chi connectivity index (χ0n) is 8.75. The van der Waals surface area contributed by atoms with Crippen molar-refractivity contribution in [3.8, 4) is 0 Å². The van der Waals surface area contributed by atoms with Crippen molar-refractivity contribution in [3.05, 3.63) is 23.5 Å². The van der Waals surface area contributed by atoms with E-state index in [1.807, 2.05) is 6.08 Å². The van der Waals surface area contributed by atoms with Crippen LogP contribution in [0.25, 0.3) is 0 Å². The van der Waals surface area contributed by atoms with Crippen LogP contribution in [-0.2, 0) is 9.53 Å². The maximum absolute atomic E-state index is 11.3. The van der Waals surface area contributed by atoms with E-state index < -0.39 is 0 Å². The van der Waals surface area contributed by atoms with Crippen molar-refractivity contribution in [2.45, 2.75) is 26.2 Å². The zero-order chi connectivity index (χ0) is 10.1. The topological polar surface area (TPSA) is 26.3 Å². The van der Waals surface area contributed by atoms with Crippen LogP contribution in [0, 0.1) is 11.8 Å². The molecular weight excluding hydrogens is 176 g/mol. The van der Waals surface area contributed by atoms with E-state index in [1.54, 1.807) is 13.2 Å². The Morgan fingerprint density at radius 3 is 2.93 bits per heavy atom. The molecule has 2 atom stereocenters. The van der Waals surface area contributed by atoms with Gasteiger partial charge < -0.3 is 4.74 Å². The van der Waals surface area contributed by atoms with Gasteiger partial charge in [0.05, 0.1) is 12.9 Å². The molecule has 2 aliphatic carbocycles. The molecule has 0 bridgehead atoms. The van der Waals surface area contributed by atoms with Gasteiger partial charge in [0.25, 0.3) is 0 Å². The molecule has 76 valence electrons. The number of allylic oxidation sites excluding steroid dienone is 4. The van der Waals surface area contributed by atoms with Crippen LogP contribution in [0.3, 0.4) is 0 Å². The van der Waals surface area contributed by atoms with E-state index in [4.69, 9.17) is 4.74 Å². The zero-order valence-corrected chi connectivity index (χ0v) is 8.75. The molecule has 2 nitrogen and oxygen atoms in total. The predicted octanol–water partition coefficient (Wildman–Crippen LogP) is 2.46. The minimum absolute atomic E-state index is 0.261. The van der Waals surface area contributed by atoms with Crippen LogP contribution in [0.1, 0.15) is 26.2 Å². The van der Waals surface area contributed by atoms with Gasteiger partial charge in [-0.15, -0.1) is 0 Å². The predicted molar refractivity (Wildman–Crippen MR) is 54.7 cm³/mol. The minimum Gasteiger partial charge on any atom is -0.501 e. The fourth-order valence-electron chi connectivity index (χ4n) is 2.44. The third-order valence-electron chi connectivity index (χ3n) is 3.26. The second-order valence-electron chi connectivity index (χ2n) is 4.25. The number of hydrogen-bond donors (Lipinski definition) is 0. The van der Waals surface area contributed by atoms with E-state index >= 15 is 0 Å². The molecule has 0 fully saturated rings. The molecule has 14 heavy (non-hydrogen) atoms. The van der Waals surface area contributed by atoms with Gasteiger partial charge in [-0.3, -0.25) is 4.79 Å². The summed E-state index contributed by atoms with van der Waals surface area (Å²) in [5, 5.41) is 0. The SMILES string of the molecule is COC1=CC2=CC(=O)CCC2C(C)C1. The van der Waals surface area contributed by atoms with Crippen LogP contribution >= 0.6 is 0 Å². The number of ether oxygens (including phenoxy) is 1. The highest BCUT2D eigenvalue weighted by atomic mass is 16.5. The standard InChI is InChI=1S/C12H16O2/c1-8-5-11(14-2)7-9-6-10(13)3-4-12(8)9/h6-8,12H,3-5H2,1-2H3. The molecular formula is C12H16O2. The molecule has 2 unspecified atom stereocenters. The number of rotatable bonds is 1. The summed E-state index contributed by atoms with van der Waals surface area (Å²) in [5.41, 5.74) is 1.18. The van der Waals surface area contributed by atoms with Crippen LogP contribution in [0.5, 0.6) is 0 Å². The van der Waals surface area contributed by atoms with E-state index in [-0.39, 0.29) is 5.78 Å². The molecule has 0 heterocycles. The number of methoxy groups -OCH3 is 1.